The van der Waals surface area contributed by atoms with Gasteiger partial charge in [0, 0.05) is 0 Å². The van der Waals surface area contributed by atoms with E-state index in [2.05, 4.69) is 0 Å². The third-order valence-corrected chi connectivity index (χ3v) is 0. The molecule has 50 valence electrons. The molecule has 6 N–H and O–H groups in total. The van der Waals surface area contributed by atoms with Crippen LogP contribution in [0.5, 0.6) is 0 Å². The minimum absolute atomic E-state index is 0. The van der Waals surface area contributed by atoms with Crippen LogP contribution >= 0.6 is 0 Å². The molecule has 0 spiro atoms. The van der Waals surface area contributed by atoms with Crippen LogP contribution in [0, 0.1) is 0 Å². The molecule has 0 saturated heterocycles. The fraction of sp³-hybridized carbons (Fsp3) is 0. The second kappa shape index (κ2) is 7.57. The Morgan fingerprint density at radius 1 is 1.00 bits per heavy atom. The van der Waals surface area contributed by atoms with Gasteiger partial charge in [-0.05, 0) is 0 Å². The summed E-state index contributed by atoms with van der Waals surface area (Å²) in [7, 11) is 0. The Morgan fingerprint density at radius 2 is 1.00 bits per heavy atom. The summed E-state index contributed by atoms with van der Waals surface area (Å²) in [5.41, 5.74) is 0. The summed E-state index contributed by atoms with van der Waals surface area (Å²) >= 11 is -5.25. The third-order valence-electron chi connectivity index (χ3n) is 0. The number of hydrogen-bond donors (Lipinski definition) is 2. The summed E-state index contributed by atoms with van der Waals surface area (Å²) in [6.45, 7) is 0. The summed E-state index contributed by atoms with van der Waals surface area (Å²) in [6, 6.07) is 0. The maximum absolute atomic E-state index is 8.82. The van der Waals surface area contributed by atoms with Gasteiger partial charge in [0.2, 0.25) is 0 Å². The van der Waals surface area contributed by atoms with Gasteiger partial charge in [-0.2, -0.15) is 0 Å². The van der Waals surface area contributed by atoms with Gasteiger partial charge in [0.05, 0.1) is 0 Å². The van der Waals surface area contributed by atoms with E-state index in [0.717, 1.165) is 0 Å². The Kier molecular flexibility index (Phi) is 22.3. The average Bonchev–Trinajstić information content (AvgIpc) is 0.722. The molecule has 0 saturated carbocycles. The van der Waals surface area contributed by atoms with E-state index >= 15 is 0 Å². The Morgan fingerprint density at radius 3 is 1.00 bits per heavy atom. The summed E-state index contributed by atoms with van der Waals surface area (Å²) in [5.74, 6) is 0. The van der Waals surface area contributed by atoms with E-state index in [9.17, 15) is 0 Å². The van der Waals surface area contributed by atoms with Crippen molar-refractivity contribution in [3.63, 3.8) is 0 Å². The van der Waals surface area contributed by atoms with Crippen molar-refractivity contribution >= 4 is 18.9 Å². The van der Waals surface area contributed by atoms with Gasteiger partial charge >= 0.3 is 48.4 Å². The Hall–Kier alpha value is 0.570. The summed E-state index contributed by atoms with van der Waals surface area (Å²) in [4.78, 5) is 0. The molecule has 0 aromatic heterocycles. The van der Waals surface area contributed by atoms with Gasteiger partial charge in [-0.25, -0.2) is 0 Å². The predicted molar refractivity (Wildman–Crippen MR) is 20.2 cm³/mol. The van der Waals surface area contributed by atoms with Gasteiger partial charge in [-0.3, -0.25) is 0 Å². The molecule has 0 aliphatic heterocycles. The molecule has 0 aliphatic carbocycles. The summed E-state index contributed by atoms with van der Waals surface area (Å²) in [6.07, 6.45) is 0. The normalized spacial score (nSPS) is 7.25. The van der Waals surface area contributed by atoms with Crippen LogP contribution in [0.15, 0.2) is 0 Å². The molecule has 0 bridgehead atoms. The van der Waals surface area contributed by atoms with Gasteiger partial charge < -0.3 is 11.0 Å². The van der Waals surface area contributed by atoms with Crippen LogP contribution in [0.25, 0.3) is 0 Å². The van der Waals surface area contributed by atoms with Crippen molar-refractivity contribution in [2.24, 2.45) is 0 Å². The van der Waals surface area contributed by atoms with E-state index < -0.39 is 13.6 Å². The molecule has 6 nitrogen and oxygen atoms in total. The van der Waals surface area contributed by atoms with Crippen LogP contribution in [0.4, 0.5) is 0 Å². The molecular formula is H7CrLiO6. The zero-order chi connectivity index (χ0) is 4.50. The molecule has 0 heterocycles. The van der Waals surface area contributed by atoms with Crippen LogP contribution in [-0.4, -0.2) is 38.1 Å². The van der Waals surface area contributed by atoms with Crippen LogP contribution in [0.3, 0.4) is 0 Å². The van der Waals surface area contributed by atoms with Gasteiger partial charge in [-0.1, -0.05) is 0 Å². The molecule has 8 heavy (non-hydrogen) atoms. The van der Waals surface area contributed by atoms with E-state index in [-0.39, 0.29) is 29.8 Å². The first kappa shape index (κ1) is 23.5. The second-order valence-corrected chi connectivity index (χ2v) is 1.85. The zero-order valence-corrected chi connectivity index (χ0v) is 4.39. The standard InChI is InChI=1S/Cr.Li.4H2O.2O.H/h;;4*1H2;;;/q+2;;;;;;;;/p-2. The van der Waals surface area contributed by atoms with E-state index in [1.165, 1.54) is 0 Å². The van der Waals surface area contributed by atoms with Crippen molar-refractivity contribution < 1.29 is 40.5 Å². The first-order valence-electron chi connectivity index (χ1n) is 0.698. The Balaban J connectivity index is -0.0000000267. The van der Waals surface area contributed by atoms with E-state index in [4.69, 9.17) is 15.9 Å². The maximum atomic E-state index is 8.82. The molecule has 0 aromatic carbocycles. The van der Waals surface area contributed by atoms with Crippen molar-refractivity contribution in [3.8, 4) is 0 Å². The fourth-order valence-electron chi connectivity index (χ4n) is 0. The molecule has 0 aliphatic rings. The van der Waals surface area contributed by atoms with Crippen LogP contribution < -0.4 is 0 Å². The van der Waals surface area contributed by atoms with Gasteiger partial charge in [-0.15, -0.1) is 0 Å². The van der Waals surface area contributed by atoms with Crippen molar-refractivity contribution in [2.45, 2.75) is 0 Å². The topological polar surface area (TPSA) is 138 Å². The number of rotatable bonds is 0. The molecule has 0 amide bonds. The number of hydrogen-bond acceptors (Lipinski definition) is 2. The zero-order valence-electron chi connectivity index (χ0n) is 3.12. The molecule has 0 fully saturated rings. The first-order chi connectivity index (χ1) is 2.00. The van der Waals surface area contributed by atoms with Crippen molar-refractivity contribution in [3.05, 3.63) is 0 Å². The Bertz CT molecular complexity index is 91.7. The van der Waals surface area contributed by atoms with Gasteiger partial charge in [0.1, 0.15) is 0 Å². The Labute approximate surface area is 59.7 Å². The van der Waals surface area contributed by atoms with Gasteiger partial charge in [0.25, 0.3) is 0 Å². The minimum atomic E-state index is -5.25. The van der Waals surface area contributed by atoms with E-state index in [1.807, 2.05) is 0 Å². The predicted octanol–water partition coefficient (Wildman–Crippen LogP) is -3.65. The van der Waals surface area contributed by atoms with Gasteiger partial charge in [0.15, 0.2) is 0 Å². The molecule has 0 rings (SSSR count). The molecule has 0 unspecified atom stereocenters. The van der Waals surface area contributed by atoms with E-state index in [0.29, 0.717) is 0 Å². The molecule has 8 heteroatoms. The second-order valence-electron chi connectivity index (χ2n) is 0.448. The van der Waals surface area contributed by atoms with Crippen LogP contribution in [-0.2, 0) is 21.2 Å². The van der Waals surface area contributed by atoms with E-state index in [1.54, 1.807) is 0 Å². The van der Waals surface area contributed by atoms with Crippen LogP contribution in [0.1, 0.15) is 0 Å². The van der Waals surface area contributed by atoms with Crippen molar-refractivity contribution in [2.75, 3.05) is 0 Å². The first-order valence-corrected chi connectivity index (χ1v) is 2.88. The molecule has 0 radical (unpaired) electrons. The van der Waals surface area contributed by atoms with Crippen molar-refractivity contribution in [1.82, 2.24) is 0 Å². The monoisotopic (exact) mass is 162 g/mol. The quantitative estimate of drug-likeness (QED) is 0.354. The van der Waals surface area contributed by atoms with Crippen LogP contribution in [0.2, 0.25) is 0 Å². The summed E-state index contributed by atoms with van der Waals surface area (Å²) in [5, 5.41) is 0. The molecule has 0 atom stereocenters. The molecular weight excluding hydrogens is 155 g/mol. The summed E-state index contributed by atoms with van der Waals surface area (Å²) < 4.78 is 31.9. The fourth-order valence-corrected chi connectivity index (χ4v) is 0. The van der Waals surface area contributed by atoms with Crippen molar-refractivity contribution in [1.29, 1.82) is 0 Å². The average molecular weight is 162 g/mol. The third kappa shape index (κ3) is 628. The SMILES string of the molecule is O.O.[LiH].[O]=[Cr](=[O])([OH])[OH]. The molecule has 0 aromatic rings.